The van der Waals surface area contributed by atoms with Crippen LogP contribution in [0.15, 0.2) is 36.8 Å². The lowest BCUT2D eigenvalue weighted by Gasteiger charge is -2.09. The number of ether oxygens (including phenoxy) is 1. The maximum Gasteiger partial charge on any atom is 0.274 e. The van der Waals surface area contributed by atoms with Gasteiger partial charge in [-0.25, -0.2) is 9.97 Å². The van der Waals surface area contributed by atoms with E-state index in [4.69, 9.17) is 16.3 Å². The molecule has 2 aromatic rings. The van der Waals surface area contributed by atoms with E-state index in [1.807, 2.05) is 0 Å². The van der Waals surface area contributed by atoms with Gasteiger partial charge in [0, 0.05) is 11.2 Å². The molecule has 0 atom stereocenters. The fourth-order valence-corrected chi connectivity index (χ4v) is 1.56. The van der Waals surface area contributed by atoms with Crippen LogP contribution in [0.2, 0.25) is 5.02 Å². The summed E-state index contributed by atoms with van der Waals surface area (Å²) >= 11 is 5.87. The van der Waals surface area contributed by atoms with Crippen LogP contribution in [0.4, 0.5) is 5.69 Å². The molecule has 0 bridgehead atoms. The van der Waals surface area contributed by atoms with Crippen LogP contribution in [0.5, 0.6) is 5.75 Å². The van der Waals surface area contributed by atoms with Crippen LogP contribution in [-0.2, 0) is 0 Å². The molecule has 1 aromatic carbocycles. The van der Waals surface area contributed by atoms with Crippen molar-refractivity contribution in [3.05, 3.63) is 47.5 Å². The number of anilines is 1. The molecule has 1 heterocycles. The van der Waals surface area contributed by atoms with Gasteiger partial charge in [-0.15, -0.1) is 0 Å². The lowest BCUT2D eigenvalue weighted by Crippen LogP contribution is -2.14. The first-order valence-corrected chi connectivity index (χ1v) is 5.49. The van der Waals surface area contributed by atoms with Gasteiger partial charge in [0.15, 0.2) is 0 Å². The summed E-state index contributed by atoms with van der Waals surface area (Å²) < 4.78 is 5.13. The molecule has 0 fully saturated rings. The van der Waals surface area contributed by atoms with Crippen molar-refractivity contribution in [2.75, 3.05) is 12.4 Å². The van der Waals surface area contributed by atoms with Crippen molar-refractivity contribution in [2.24, 2.45) is 0 Å². The van der Waals surface area contributed by atoms with Crippen molar-refractivity contribution in [3.8, 4) is 5.75 Å². The molecular formula is C12H10ClN3O2. The molecule has 18 heavy (non-hydrogen) atoms. The van der Waals surface area contributed by atoms with E-state index in [9.17, 15) is 4.79 Å². The Morgan fingerprint density at radius 2 is 2.22 bits per heavy atom. The van der Waals surface area contributed by atoms with E-state index < -0.39 is 0 Å². The number of carbonyl (C=O) groups excluding carboxylic acids is 1. The maximum atomic E-state index is 11.9. The quantitative estimate of drug-likeness (QED) is 0.923. The number of carbonyl (C=O) groups is 1. The summed E-state index contributed by atoms with van der Waals surface area (Å²) in [6, 6.07) is 6.49. The van der Waals surface area contributed by atoms with Gasteiger partial charge >= 0.3 is 0 Å². The molecule has 0 unspecified atom stereocenters. The van der Waals surface area contributed by atoms with E-state index in [0.717, 1.165) is 0 Å². The second kappa shape index (κ2) is 5.46. The Hall–Kier alpha value is -2.14. The van der Waals surface area contributed by atoms with E-state index in [1.54, 1.807) is 18.2 Å². The minimum Gasteiger partial charge on any atom is -0.495 e. The summed E-state index contributed by atoms with van der Waals surface area (Å²) in [6.07, 6.45) is 2.81. The first kappa shape index (κ1) is 12.3. The van der Waals surface area contributed by atoms with Gasteiger partial charge in [-0.3, -0.25) is 4.79 Å². The number of nitrogens with zero attached hydrogens (tertiary/aromatic N) is 2. The molecular weight excluding hydrogens is 254 g/mol. The molecule has 5 nitrogen and oxygen atoms in total. The number of methoxy groups -OCH3 is 1. The van der Waals surface area contributed by atoms with Crippen LogP contribution in [0, 0.1) is 0 Å². The van der Waals surface area contributed by atoms with E-state index >= 15 is 0 Å². The highest BCUT2D eigenvalue weighted by Gasteiger charge is 2.10. The molecule has 1 aromatic heterocycles. The first-order valence-electron chi connectivity index (χ1n) is 5.11. The van der Waals surface area contributed by atoms with Gasteiger partial charge in [-0.05, 0) is 24.3 Å². The van der Waals surface area contributed by atoms with Crippen molar-refractivity contribution in [1.82, 2.24) is 9.97 Å². The summed E-state index contributed by atoms with van der Waals surface area (Å²) in [6.45, 7) is 0. The molecule has 0 saturated heterocycles. The number of nitrogens with one attached hydrogen (secondary N) is 1. The summed E-state index contributed by atoms with van der Waals surface area (Å²) in [5, 5.41) is 3.19. The van der Waals surface area contributed by atoms with E-state index in [2.05, 4.69) is 15.3 Å². The maximum absolute atomic E-state index is 11.9. The van der Waals surface area contributed by atoms with Crippen LogP contribution in [-0.4, -0.2) is 23.0 Å². The Morgan fingerprint density at radius 3 is 2.89 bits per heavy atom. The molecule has 0 saturated carbocycles. The molecule has 0 spiro atoms. The molecule has 0 aliphatic rings. The van der Waals surface area contributed by atoms with Gasteiger partial charge in [0.25, 0.3) is 5.91 Å². The second-order valence-corrected chi connectivity index (χ2v) is 3.83. The molecule has 92 valence electrons. The number of benzene rings is 1. The molecule has 1 N–H and O–H groups in total. The van der Waals surface area contributed by atoms with E-state index in [1.165, 1.54) is 25.7 Å². The molecule has 0 radical (unpaired) electrons. The molecule has 0 aliphatic heterocycles. The summed E-state index contributed by atoms with van der Waals surface area (Å²) in [5.41, 5.74) is 0.764. The van der Waals surface area contributed by atoms with Crippen LogP contribution in [0.1, 0.15) is 10.5 Å². The zero-order chi connectivity index (χ0) is 13.0. The average molecular weight is 264 g/mol. The van der Waals surface area contributed by atoms with Crippen molar-refractivity contribution >= 4 is 23.2 Å². The minimum atomic E-state index is -0.349. The SMILES string of the molecule is COc1ccc(Cl)cc1NC(=O)c1ccncn1. The number of hydrogen-bond donors (Lipinski definition) is 1. The van der Waals surface area contributed by atoms with Gasteiger partial charge in [0.2, 0.25) is 0 Å². The number of aromatic nitrogens is 2. The highest BCUT2D eigenvalue weighted by molar-refractivity contribution is 6.31. The third-order valence-corrected chi connectivity index (χ3v) is 2.46. The number of halogens is 1. The van der Waals surface area contributed by atoms with Crippen LogP contribution < -0.4 is 10.1 Å². The van der Waals surface area contributed by atoms with Crippen molar-refractivity contribution in [1.29, 1.82) is 0 Å². The van der Waals surface area contributed by atoms with E-state index in [0.29, 0.717) is 16.5 Å². The average Bonchev–Trinajstić information content (AvgIpc) is 2.40. The van der Waals surface area contributed by atoms with E-state index in [-0.39, 0.29) is 11.6 Å². The highest BCUT2D eigenvalue weighted by Crippen LogP contribution is 2.27. The van der Waals surface area contributed by atoms with Gasteiger partial charge in [0.05, 0.1) is 12.8 Å². The van der Waals surface area contributed by atoms with Crippen LogP contribution in [0.25, 0.3) is 0 Å². The summed E-state index contributed by atoms with van der Waals surface area (Å²) in [4.78, 5) is 19.5. The Kier molecular flexibility index (Phi) is 3.74. The zero-order valence-electron chi connectivity index (χ0n) is 9.55. The first-order chi connectivity index (χ1) is 8.70. The Labute approximate surface area is 109 Å². The van der Waals surface area contributed by atoms with Gasteiger partial charge < -0.3 is 10.1 Å². The number of rotatable bonds is 3. The van der Waals surface area contributed by atoms with Gasteiger partial charge in [0.1, 0.15) is 17.8 Å². The lowest BCUT2D eigenvalue weighted by atomic mass is 10.2. The van der Waals surface area contributed by atoms with Crippen molar-refractivity contribution < 1.29 is 9.53 Å². The fourth-order valence-electron chi connectivity index (χ4n) is 1.39. The third-order valence-electron chi connectivity index (χ3n) is 2.22. The Balaban J connectivity index is 2.24. The smallest absolute Gasteiger partial charge is 0.274 e. The predicted molar refractivity (Wildman–Crippen MR) is 68.0 cm³/mol. The van der Waals surface area contributed by atoms with Gasteiger partial charge in [-0.2, -0.15) is 0 Å². The van der Waals surface area contributed by atoms with Crippen molar-refractivity contribution in [2.45, 2.75) is 0 Å². The molecule has 1 amide bonds. The third kappa shape index (κ3) is 2.75. The van der Waals surface area contributed by atoms with Gasteiger partial charge in [-0.1, -0.05) is 11.6 Å². The largest absolute Gasteiger partial charge is 0.495 e. The molecule has 6 heteroatoms. The zero-order valence-corrected chi connectivity index (χ0v) is 10.3. The topological polar surface area (TPSA) is 64.1 Å². The van der Waals surface area contributed by atoms with Crippen LogP contribution >= 0.6 is 11.6 Å². The van der Waals surface area contributed by atoms with Crippen molar-refractivity contribution in [3.63, 3.8) is 0 Å². The lowest BCUT2D eigenvalue weighted by molar-refractivity contribution is 0.102. The standard InChI is InChI=1S/C12H10ClN3O2/c1-18-11-3-2-8(13)6-10(11)16-12(17)9-4-5-14-7-15-9/h2-7H,1H3,(H,16,17). The normalized spacial score (nSPS) is 9.89. The molecule has 0 aliphatic carbocycles. The number of amides is 1. The molecule has 2 rings (SSSR count). The predicted octanol–water partition coefficient (Wildman–Crippen LogP) is 2.39. The van der Waals surface area contributed by atoms with Crippen LogP contribution in [0.3, 0.4) is 0 Å². The highest BCUT2D eigenvalue weighted by atomic mass is 35.5. The summed E-state index contributed by atoms with van der Waals surface area (Å²) in [7, 11) is 1.52. The Morgan fingerprint density at radius 1 is 1.39 bits per heavy atom. The summed E-state index contributed by atoms with van der Waals surface area (Å²) in [5.74, 6) is 0.180. The minimum absolute atomic E-state index is 0.270. The second-order valence-electron chi connectivity index (χ2n) is 3.39. The fraction of sp³-hybridized carbons (Fsp3) is 0.0833. The number of hydrogen-bond acceptors (Lipinski definition) is 4. The Bertz CT molecular complexity index is 561. The monoisotopic (exact) mass is 263 g/mol.